The minimum atomic E-state index is -0.871. The van der Waals surface area contributed by atoms with E-state index in [1.165, 1.54) is 0 Å². The summed E-state index contributed by atoms with van der Waals surface area (Å²) >= 11 is 0. The molecular formula is C61H90O6. The average Bonchev–Trinajstić information content (AvgIpc) is 3.33. The normalized spacial score (nSPS) is 13.5. The van der Waals surface area contributed by atoms with Gasteiger partial charge in [-0.15, -0.1) is 0 Å². The highest BCUT2D eigenvalue weighted by Crippen LogP contribution is 2.09. The molecule has 0 aromatic heterocycles. The van der Waals surface area contributed by atoms with Gasteiger partial charge in [0.1, 0.15) is 13.2 Å². The SMILES string of the molecule is CC/C=C\C/C=C\C/C=C\C/C=C\C/C=C\C/C=C\CCCCC(=O)OCC(COC(=O)CCCCC/C=C\C/C=C\C/C=C\CC)OC(=O)C/C=C\C/C=C\C/C=C\C/C=C\C/C=C\CC. The van der Waals surface area contributed by atoms with Crippen LogP contribution in [0.25, 0.3) is 0 Å². The van der Waals surface area contributed by atoms with Gasteiger partial charge in [0.15, 0.2) is 6.10 Å². The van der Waals surface area contributed by atoms with Gasteiger partial charge >= 0.3 is 17.9 Å². The molecule has 0 N–H and O–H groups in total. The zero-order valence-corrected chi connectivity index (χ0v) is 42.1. The van der Waals surface area contributed by atoms with Crippen LogP contribution >= 0.6 is 0 Å². The van der Waals surface area contributed by atoms with E-state index in [1.54, 1.807) is 6.08 Å². The first kappa shape index (κ1) is 61.8. The Morgan fingerprint density at radius 3 is 0.910 bits per heavy atom. The number of hydrogen-bond donors (Lipinski definition) is 0. The Balaban J connectivity index is 4.64. The number of hydrogen-bond acceptors (Lipinski definition) is 6. The van der Waals surface area contributed by atoms with Crippen LogP contribution in [0.3, 0.4) is 0 Å². The second-order valence-electron chi connectivity index (χ2n) is 15.9. The van der Waals surface area contributed by atoms with Gasteiger partial charge in [-0.25, -0.2) is 0 Å². The number of rotatable bonds is 43. The summed E-state index contributed by atoms with van der Waals surface area (Å²) in [6.07, 6.45) is 79.4. The molecule has 0 aromatic rings. The molecule has 0 rings (SSSR count). The molecule has 6 nitrogen and oxygen atoms in total. The fraction of sp³-hybridized carbons (Fsp3) is 0.492. The third-order valence-electron chi connectivity index (χ3n) is 9.73. The molecule has 0 saturated carbocycles. The molecule has 67 heavy (non-hydrogen) atoms. The summed E-state index contributed by atoms with van der Waals surface area (Å²) in [6.45, 7) is 6.11. The third-order valence-corrected chi connectivity index (χ3v) is 9.73. The Kier molecular flexibility index (Phi) is 49.2. The summed E-state index contributed by atoms with van der Waals surface area (Å²) in [5.74, 6) is -1.17. The molecule has 0 aliphatic carbocycles. The number of esters is 3. The molecule has 0 spiro atoms. The van der Waals surface area contributed by atoms with Gasteiger partial charge in [0.25, 0.3) is 0 Å². The van der Waals surface area contributed by atoms with Crippen LogP contribution in [0.15, 0.2) is 170 Å². The van der Waals surface area contributed by atoms with Crippen molar-refractivity contribution in [3.8, 4) is 0 Å². The van der Waals surface area contributed by atoms with Crippen molar-refractivity contribution in [2.45, 2.75) is 181 Å². The first-order chi connectivity index (χ1) is 33.0. The molecule has 0 heterocycles. The van der Waals surface area contributed by atoms with Crippen LogP contribution in [0.4, 0.5) is 0 Å². The Morgan fingerprint density at radius 2 is 0.582 bits per heavy atom. The van der Waals surface area contributed by atoms with Gasteiger partial charge in [-0.3, -0.25) is 14.4 Å². The molecule has 0 bridgehead atoms. The van der Waals surface area contributed by atoms with E-state index in [2.05, 4.69) is 179 Å². The van der Waals surface area contributed by atoms with Crippen molar-refractivity contribution in [1.82, 2.24) is 0 Å². The molecule has 0 amide bonds. The van der Waals surface area contributed by atoms with E-state index in [9.17, 15) is 14.4 Å². The Bertz CT molecular complexity index is 1620. The predicted octanol–water partition coefficient (Wildman–Crippen LogP) is 17.2. The third kappa shape index (κ3) is 51.6. The van der Waals surface area contributed by atoms with Gasteiger partial charge in [0.05, 0.1) is 6.42 Å². The number of carbonyl (C=O) groups is 3. The van der Waals surface area contributed by atoms with Crippen molar-refractivity contribution in [2.24, 2.45) is 0 Å². The zero-order chi connectivity index (χ0) is 48.6. The lowest BCUT2D eigenvalue weighted by Gasteiger charge is -2.18. The summed E-state index contributed by atoms with van der Waals surface area (Å²) < 4.78 is 16.6. The molecular weight excluding hydrogens is 829 g/mol. The molecule has 0 aliphatic heterocycles. The molecule has 0 fully saturated rings. The maximum absolute atomic E-state index is 12.7. The van der Waals surface area contributed by atoms with Crippen molar-refractivity contribution in [1.29, 1.82) is 0 Å². The Labute approximate surface area is 409 Å². The molecule has 6 heteroatoms. The van der Waals surface area contributed by atoms with Crippen molar-refractivity contribution in [2.75, 3.05) is 13.2 Å². The van der Waals surface area contributed by atoms with Crippen molar-refractivity contribution < 1.29 is 28.6 Å². The van der Waals surface area contributed by atoms with Crippen molar-refractivity contribution in [3.05, 3.63) is 170 Å². The Morgan fingerprint density at radius 1 is 0.313 bits per heavy atom. The summed E-state index contributed by atoms with van der Waals surface area (Å²) in [6, 6.07) is 0. The summed E-state index contributed by atoms with van der Waals surface area (Å²) in [5, 5.41) is 0. The highest BCUT2D eigenvalue weighted by Gasteiger charge is 2.19. The van der Waals surface area contributed by atoms with E-state index in [4.69, 9.17) is 14.2 Å². The van der Waals surface area contributed by atoms with Crippen LogP contribution in [-0.4, -0.2) is 37.2 Å². The number of carbonyl (C=O) groups excluding carboxylic acids is 3. The monoisotopic (exact) mass is 919 g/mol. The molecule has 1 unspecified atom stereocenters. The smallest absolute Gasteiger partial charge is 0.310 e. The lowest BCUT2D eigenvalue weighted by atomic mass is 10.1. The molecule has 1 atom stereocenters. The number of allylic oxidation sites excluding steroid dienone is 27. The van der Waals surface area contributed by atoms with E-state index in [1.807, 2.05) is 6.08 Å². The predicted molar refractivity (Wildman–Crippen MR) is 288 cm³/mol. The maximum Gasteiger partial charge on any atom is 0.310 e. The molecule has 0 radical (unpaired) electrons. The van der Waals surface area contributed by atoms with Gasteiger partial charge in [0.2, 0.25) is 0 Å². The van der Waals surface area contributed by atoms with Gasteiger partial charge in [-0.2, -0.15) is 0 Å². The summed E-state index contributed by atoms with van der Waals surface area (Å²) in [7, 11) is 0. The fourth-order valence-corrected chi connectivity index (χ4v) is 6.00. The molecule has 370 valence electrons. The second-order valence-corrected chi connectivity index (χ2v) is 15.9. The van der Waals surface area contributed by atoms with Crippen LogP contribution in [-0.2, 0) is 28.6 Å². The largest absolute Gasteiger partial charge is 0.462 e. The van der Waals surface area contributed by atoms with Gasteiger partial charge in [-0.1, -0.05) is 197 Å². The minimum absolute atomic E-state index is 0.0710. The van der Waals surface area contributed by atoms with Gasteiger partial charge in [-0.05, 0) is 128 Å². The zero-order valence-electron chi connectivity index (χ0n) is 42.1. The molecule has 0 aliphatic rings. The first-order valence-electron chi connectivity index (χ1n) is 25.6. The molecule has 0 aromatic carbocycles. The van der Waals surface area contributed by atoms with Crippen molar-refractivity contribution >= 4 is 17.9 Å². The Hall–Kier alpha value is -5.23. The molecule has 0 saturated heterocycles. The van der Waals surface area contributed by atoms with Gasteiger partial charge < -0.3 is 14.2 Å². The quantitative estimate of drug-likeness (QED) is 0.0262. The highest BCUT2D eigenvalue weighted by molar-refractivity contribution is 5.72. The second kappa shape index (κ2) is 53.4. The van der Waals surface area contributed by atoms with Crippen molar-refractivity contribution in [3.63, 3.8) is 0 Å². The van der Waals surface area contributed by atoms with Crippen LogP contribution in [0, 0.1) is 0 Å². The minimum Gasteiger partial charge on any atom is -0.462 e. The van der Waals surface area contributed by atoms with E-state index >= 15 is 0 Å². The van der Waals surface area contributed by atoms with Gasteiger partial charge in [0, 0.05) is 12.8 Å². The lowest BCUT2D eigenvalue weighted by Crippen LogP contribution is -2.30. The number of ether oxygens (including phenoxy) is 3. The first-order valence-corrected chi connectivity index (χ1v) is 25.6. The maximum atomic E-state index is 12.7. The van der Waals surface area contributed by atoms with E-state index in [0.717, 1.165) is 122 Å². The van der Waals surface area contributed by atoms with Crippen LogP contribution in [0.5, 0.6) is 0 Å². The number of unbranched alkanes of at least 4 members (excludes halogenated alkanes) is 5. The standard InChI is InChI=1S/C61H90O6/c1-4-7-10-13-16-19-22-25-27-28-29-30-31-32-34-36-39-42-45-48-51-54-60(63)66-57-58(56-65-59(62)53-50-47-44-41-38-35-24-21-18-15-12-9-6-3)67-61(64)55-52-49-46-43-40-37-33-26-23-20-17-14-11-8-5-2/h7-12,16-21,25-27,29-30,32-35,38-40,42-43,49,52,58H,4-6,13-15,22-24,28,31,36-37,41,44-48,50-51,53-57H2,1-3H3/b10-7-,11-8-,12-9-,19-16-,20-17-,21-18-,27-25-,30-29-,33-26-,34-32-,38-35-,42-39-,43-40-,52-49-. The lowest BCUT2D eigenvalue weighted by molar-refractivity contribution is -0.166. The van der Waals surface area contributed by atoms with Crippen LogP contribution < -0.4 is 0 Å². The topological polar surface area (TPSA) is 78.9 Å². The summed E-state index contributed by atoms with van der Waals surface area (Å²) in [4.78, 5) is 37.9. The summed E-state index contributed by atoms with van der Waals surface area (Å²) in [5.41, 5.74) is 0. The van der Waals surface area contributed by atoms with E-state index in [0.29, 0.717) is 12.8 Å². The highest BCUT2D eigenvalue weighted by atomic mass is 16.6. The van der Waals surface area contributed by atoms with Crippen LogP contribution in [0.1, 0.15) is 175 Å². The van der Waals surface area contributed by atoms with Crippen LogP contribution in [0.2, 0.25) is 0 Å². The van der Waals surface area contributed by atoms with E-state index in [-0.39, 0.29) is 44.4 Å². The van der Waals surface area contributed by atoms with E-state index < -0.39 is 12.1 Å². The fourth-order valence-electron chi connectivity index (χ4n) is 6.00. The average molecular weight is 919 g/mol.